The molecule has 5 heteroatoms. The van der Waals surface area contributed by atoms with E-state index in [1.165, 1.54) is 5.56 Å². The number of rotatable bonds is 5. The van der Waals surface area contributed by atoms with Crippen LogP contribution in [0.25, 0.3) is 0 Å². The maximum absolute atomic E-state index is 12.3. The number of sulfonamides is 1. The van der Waals surface area contributed by atoms with E-state index in [-0.39, 0.29) is 6.04 Å². The van der Waals surface area contributed by atoms with Gasteiger partial charge < -0.3 is 5.32 Å². The summed E-state index contributed by atoms with van der Waals surface area (Å²) in [5.74, 6) is 0.574. The van der Waals surface area contributed by atoms with Gasteiger partial charge in [-0.25, -0.2) is 13.1 Å². The largest absolute Gasteiger partial charge is 0.317 e. The topological polar surface area (TPSA) is 58.2 Å². The highest BCUT2D eigenvalue weighted by Gasteiger charge is 2.21. The van der Waals surface area contributed by atoms with Gasteiger partial charge >= 0.3 is 0 Å². The second-order valence-electron chi connectivity index (χ2n) is 5.89. The molecule has 1 aliphatic heterocycles. The minimum Gasteiger partial charge on any atom is -0.317 e. The Balaban J connectivity index is 2.04. The van der Waals surface area contributed by atoms with Crippen LogP contribution in [0.15, 0.2) is 29.2 Å². The van der Waals surface area contributed by atoms with E-state index < -0.39 is 10.0 Å². The van der Waals surface area contributed by atoms with E-state index in [0.717, 1.165) is 32.4 Å². The minimum atomic E-state index is -3.38. The third-order valence-electron chi connectivity index (χ3n) is 3.54. The van der Waals surface area contributed by atoms with Crippen molar-refractivity contribution in [1.29, 1.82) is 0 Å². The van der Waals surface area contributed by atoms with Crippen molar-refractivity contribution in [2.45, 2.75) is 44.0 Å². The Morgan fingerprint density at radius 1 is 1.20 bits per heavy atom. The van der Waals surface area contributed by atoms with Crippen molar-refractivity contribution in [1.82, 2.24) is 10.0 Å². The van der Waals surface area contributed by atoms with Crippen LogP contribution in [0.2, 0.25) is 0 Å². The molecule has 1 saturated heterocycles. The molecular formula is C15H24N2O2S. The summed E-state index contributed by atoms with van der Waals surface area (Å²) in [5, 5.41) is 3.23. The van der Waals surface area contributed by atoms with Crippen LogP contribution in [0.1, 0.15) is 32.3 Å². The van der Waals surface area contributed by atoms with Crippen molar-refractivity contribution >= 4 is 10.0 Å². The number of piperidine rings is 1. The summed E-state index contributed by atoms with van der Waals surface area (Å²) in [7, 11) is -3.38. The number of hydrogen-bond donors (Lipinski definition) is 2. The van der Waals surface area contributed by atoms with Crippen molar-refractivity contribution in [2.75, 3.05) is 13.1 Å². The lowest BCUT2D eigenvalue weighted by Crippen LogP contribution is -2.42. The second kappa shape index (κ2) is 6.70. The molecule has 112 valence electrons. The Hall–Kier alpha value is -0.910. The first-order chi connectivity index (χ1) is 9.47. The minimum absolute atomic E-state index is 0.0524. The zero-order chi connectivity index (χ0) is 14.6. The van der Waals surface area contributed by atoms with Crippen LogP contribution < -0.4 is 10.0 Å². The number of benzene rings is 1. The Kier molecular flexibility index (Phi) is 5.18. The van der Waals surface area contributed by atoms with Crippen LogP contribution in [0, 0.1) is 5.92 Å². The van der Waals surface area contributed by atoms with Crippen LogP contribution in [0.5, 0.6) is 0 Å². The lowest BCUT2D eigenvalue weighted by Gasteiger charge is -2.23. The average molecular weight is 296 g/mol. The molecule has 4 nitrogen and oxygen atoms in total. The van der Waals surface area contributed by atoms with Crippen LogP contribution in [-0.4, -0.2) is 27.5 Å². The van der Waals surface area contributed by atoms with E-state index >= 15 is 0 Å². The van der Waals surface area contributed by atoms with Crippen molar-refractivity contribution in [3.05, 3.63) is 29.8 Å². The van der Waals surface area contributed by atoms with Gasteiger partial charge in [0, 0.05) is 6.04 Å². The summed E-state index contributed by atoms with van der Waals surface area (Å²) in [6.45, 7) is 6.06. The highest BCUT2D eigenvalue weighted by molar-refractivity contribution is 7.89. The Morgan fingerprint density at radius 2 is 1.80 bits per heavy atom. The first-order valence-corrected chi connectivity index (χ1v) is 8.77. The number of nitrogens with one attached hydrogen (secondary N) is 2. The van der Waals surface area contributed by atoms with Crippen LogP contribution in [-0.2, 0) is 16.4 Å². The van der Waals surface area contributed by atoms with Crippen molar-refractivity contribution in [2.24, 2.45) is 5.92 Å². The molecule has 0 saturated carbocycles. The molecule has 1 aromatic rings. The summed E-state index contributed by atoms with van der Waals surface area (Å²) in [6.07, 6.45) is 2.68. The number of hydrogen-bond acceptors (Lipinski definition) is 3. The molecule has 1 aromatic carbocycles. The molecule has 0 aliphatic carbocycles. The van der Waals surface area contributed by atoms with E-state index in [0.29, 0.717) is 10.8 Å². The predicted molar refractivity (Wildman–Crippen MR) is 81.2 cm³/mol. The average Bonchev–Trinajstić information content (AvgIpc) is 2.39. The Morgan fingerprint density at radius 3 is 2.35 bits per heavy atom. The Labute approximate surface area is 122 Å². The molecule has 20 heavy (non-hydrogen) atoms. The first kappa shape index (κ1) is 15.5. The standard InChI is InChI=1S/C15H24N2O2S/c1-12(2)11-13-3-5-15(6-4-13)20(18,19)17-14-7-9-16-10-8-14/h3-6,12,14,16-17H,7-11H2,1-2H3. The lowest BCUT2D eigenvalue weighted by atomic mass is 10.0. The van der Waals surface area contributed by atoms with Crippen molar-refractivity contribution in [3.63, 3.8) is 0 Å². The second-order valence-corrected chi connectivity index (χ2v) is 7.60. The zero-order valence-electron chi connectivity index (χ0n) is 12.2. The zero-order valence-corrected chi connectivity index (χ0v) is 13.0. The summed E-state index contributed by atoms with van der Waals surface area (Å²) in [5.41, 5.74) is 1.18. The molecule has 1 aliphatic rings. The SMILES string of the molecule is CC(C)Cc1ccc(S(=O)(=O)NC2CCNCC2)cc1. The van der Waals surface area contributed by atoms with E-state index in [4.69, 9.17) is 0 Å². The van der Waals surface area contributed by atoms with Gasteiger partial charge in [-0.05, 0) is 56.0 Å². The smallest absolute Gasteiger partial charge is 0.240 e. The molecule has 2 rings (SSSR count). The van der Waals surface area contributed by atoms with Gasteiger partial charge in [0.15, 0.2) is 0 Å². The summed E-state index contributed by atoms with van der Waals surface area (Å²) in [4.78, 5) is 0.364. The van der Waals surface area contributed by atoms with Gasteiger partial charge in [0.1, 0.15) is 0 Å². The maximum Gasteiger partial charge on any atom is 0.240 e. The molecule has 0 spiro atoms. The van der Waals surface area contributed by atoms with Gasteiger partial charge in [-0.3, -0.25) is 0 Å². The van der Waals surface area contributed by atoms with E-state index in [2.05, 4.69) is 23.9 Å². The summed E-state index contributed by atoms with van der Waals surface area (Å²) >= 11 is 0. The van der Waals surface area contributed by atoms with Gasteiger partial charge in [-0.2, -0.15) is 0 Å². The van der Waals surface area contributed by atoms with Crippen LogP contribution >= 0.6 is 0 Å². The molecule has 0 bridgehead atoms. The molecule has 0 unspecified atom stereocenters. The van der Waals surface area contributed by atoms with Gasteiger partial charge in [-0.1, -0.05) is 26.0 Å². The fraction of sp³-hybridized carbons (Fsp3) is 0.600. The highest BCUT2D eigenvalue weighted by Crippen LogP contribution is 2.15. The molecule has 0 atom stereocenters. The van der Waals surface area contributed by atoms with Gasteiger partial charge in [0.25, 0.3) is 0 Å². The van der Waals surface area contributed by atoms with E-state index in [9.17, 15) is 8.42 Å². The van der Waals surface area contributed by atoms with E-state index in [1.807, 2.05) is 12.1 Å². The maximum atomic E-state index is 12.3. The molecule has 1 heterocycles. The van der Waals surface area contributed by atoms with Gasteiger partial charge in [0.05, 0.1) is 4.90 Å². The van der Waals surface area contributed by atoms with E-state index in [1.54, 1.807) is 12.1 Å². The predicted octanol–water partition coefficient (Wildman–Crippen LogP) is 1.92. The highest BCUT2D eigenvalue weighted by atomic mass is 32.2. The van der Waals surface area contributed by atoms with Crippen LogP contribution in [0.3, 0.4) is 0 Å². The molecule has 0 aromatic heterocycles. The molecule has 1 fully saturated rings. The lowest BCUT2D eigenvalue weighted by molar-refractivity contribution is 0.427. The summed E-state index contributed by atoms with van der Waals surface area (Å²) < 4.78 is 27.4. The fourth-order valence-corrected chi connectivity index (χ4v) is 3.81. The first-order valence-electron chi connectivity index (χ1n) is 7.29. The molecule has 0 amide bonds. The van der Waals surface area contributed by atoms with Crippen LogP contribution in [0.4, 0.5) is 0 Å². The fourth-order valence-electron chi connectivity index (χ4n) is 2.50. The van der Waals surface area contributed by atoms with Gasteiger partial charge in [-0.15, -0.1) is 0 Å². The molecule has 2 N–H and O–H groups in total. The quantitative estimate of drug-likeness (QED) is 0.873. The third-order valence-corrected chi connectivity index (χ3v) is 5.07. The monoisotopic (exact) mass is 296 g/mol. The van der Waals surface area contributed by atoms with Crippen molar-refractivity contribution < 1.29 is 8.42 Å². The molecule has 0 radical (unpaired) electrons. The Bertz CT molecular complexity index is 517. The van der Waals surface area contributed by atoms with Gasteiger partial charge in [0.2, 0.25) is 10.0 Å². The van der Waals surface area contributed by atoms with Crippen molar-refractivity contribution in [3.8, 4) is 0 Å². The normalized spacial score (nSPS) is 17.6. The summed E-state index contributed by atoms with van der Waals surface area (Å²) in [6, 6.07) is 7.30. The third kappa shape index (κ3) is 4.30. The molecular weight excluding hydrogens is 272 g/mol.